The van der Waals surface area contributed by atoms with Crippen LogP contribution in [0.25, 0.3) is 0 Å². The fourth-order valence-corrected chi connectivity index (χ4v) is 1.72. The molecule has 1 aromatic carbocycles. The Bertz CT molecular complexity index is 419. The fraction of sp³-hybridized carbons (Fsp3) is 0.364. The second-order valence-corrected chi connectivity index (χ2v) is 4.80. The Labute approximate surface area is 110 Å². The number of hydrogen-bond donors (Lipinski definition) is 1. The number of carbonyl (C=O) groups is 1. The minimum Gasteiger partial charge on any atom is -0.383 e. The predicted molar refractivity (Wildman–Crippen MR) is 63.2 cm³/mol. The first-order valence-corrected chi connectivity index (χ1v) is 5.93. The minimum absolute atomic E-state index is 0.128. The number of nitrogens with one attached hydrogen (secondary N) is 1. The molecule has 1 rings (SSSR count). The first-order valence-electron chi connectivity index (χ1n) is 5.01. The first-order chi connectivity index (χ1) is 8.45. The third-order valence-electron chi connectivity index (χ3n) is 2.07. The molecule has 0 fully saturated rings. The van der Waals surface area contributed by atoms with Crippen molar-refractivity contribution in [2.45, 2.75) is 4.83 Å². The third-order valence-corrected chi connectivity index (χ3v) is 2.65. The van der Waals surface area contributed by atoms with Crippen LogP contribution in [-0.4, -0.2) is 31.0 Å². The third kappa shape index (κ3) is 3.99. The van der Waals surface area contributed by atoms with E-state index in [0.29, 0.717) is 18.7 Å². The summed E-state index contributed by atoms with van der Waals surface area (Å²) < 4.78 is 44.0. The summed E-state index contributed by atoms with van der Waals surface area (Å²) in [6, 6.07) is 0.914. The van der Waals surface area contributed by atoms with Crippen molar-refractivity contribution in [3.63, 3.8) is 0 Å². The number of carbonyl (C=O) groups excluding carboxylic acids is 1. The van der Waals surface area contributed by atoms with Gasteiger partial charge in [0.2, 0.25) is 0 Å². The molecule has 0 heterocycles. The van der Waals surface area contributed by atoms with Crippen molar-refractivity contribution >= 4 is 21.8 Å². The van der Waals surface area contributed by atoms with E-state index in [4.69, 9.17) is 4.74 Å². The Morgan fingerprint density at radius 2 is 1.94 bits per heavy atom. The molecule has 1 aromatic rings. The zero-order chi connectivity index (χ0) is 13.7. The SMILES string of the molecule is COCC(Br)CNC(=O)c1c(F)cc(F)cc1F. The summed E-state index contributed by atoms with van der Waals surface area (Å²) in [6.07, 6.45) is 0. The maximum atomic E-state index is 13.3. The summed E-state index contributed by atoms with van der Waals surface area (Å²) >= 11 is 3.20. The Kier molecular flexibility index (Phi) is 5.61. The van der Waals surface area contributed by atoms with Gasteiger partial charge in [0.05, 0.1) is 11.4 Å². The van der Waals surface area contributed by atoms with Crippen LogP contribution in [0.5, 0.6) is 0 Å². The normalized spacial score (nSPS) is 12.3. The lowest BCUT2D eigenvalue weighted by Gasteiger charge is -2.11. The summed E-state index contributed by atoms with van der Waals surface area (Å²) in [5.41, 5.74) is -0.798. The van der Waals surface area contributed by atoms with Gasteiger partial charge in [0.25, 0.3) is 5.91 Å². The summed E-state index contributed by atoms with van der Waals surface area (Å²) in [7, 11) is 1.48. The highest BCUT2D eigenvalue weighted by molar-refractivity contribution is 9.09. The lowest BCUT2D eigenvalue weighted by atomic mass is 10.1. The molecule has 0 spiro atoms. The molecule has 0 aliphatic carbocycles. The number of halogens is 4. The van der Waals surface area contributed by atoms with Crippen molar-refractivity contribution in [3.8, 4) is 0 Å². The van der Waals surface area contributed by atoms with Crippen LogP contribution in [0.2, 0.25) is 0 Å². The van der Waals surface area contributed by atoms with Crippen molar-refractivity contribution in [2.24, 2.45) is 0 Å². The minimum atomic E-state index is -1.23. The number of alkyl halides is 1. The molecule has 18 heavy (non-hydrogen) atoms. The number of rotatable bonds is 5. The summed E-state index contributed by atoms with van der Waals surface area (Å²) in [4.78, 5) is 11.3. The van der Waals surface area contributed by atoms with Gasteiger partial charge < -0.3 is 10.1 Å². The smallest absolute Gasteiger partial charge is 0.257 e. The molecule has 1 atom stereocenters. The van der Waals surface area contributed by atoms with Crippen molar-refractivity contribution < 1.29 is 22.7 Å². The van der Waals surface area contributed by atoms with Crippen LogP contribution in [0.1, 0.15) is 10.4 Å². The van der Waals surface area contributed by atoms with E-state index >= 15 is 0 Å². The zero-order valence-electron chi connectivity index (χ0n) is 9.47. The average Bonchev–Trinajstić information content (AvgIpc) is 2.25. The molecule has 0 aromatic heterocycles. The molecule has 1 amide bonds. The molecule has 1 unspecified atom stereocenters. The molecular formula is C11H11BrF3NO2. The molecule has 7 heteroatoms. The van der Waals surface area contributed by atoms with Crippen molar-refractivity contribution in [1.29, 1.82) is 0 Å². The van der Waals surface area contributed by atoms with E-state index in [9.17, 15) is 18.0 Å². The van der Waals surface area contributed by atoms with Gasteiger partial charge in [-0.2, -0.15) is 0 Å². The summed E-state index contributed by atoms with van der Waals surface area (Å²) in [5, 5.41) is 2.32. The van der Waals surface area contributed by atoms with E-state index in [2.05, 4.69) is 21.2 Å². The van der Waals surface area contributed by atoms with Crippen LogP contribution >= 0.6 is 15.9 Å². The standard InChI is InChI=1S/C11H11BrF3NO2/c1-18-5-6(12)4-16-11(17)10-8(14)2-7(13)3-9(10)15/h2-3,6H,4-5H2,1H3,(H,16,17). The summed E-state index contributed by atoms with van der Waals surface area (Å²) in [6.45, 7) is 0.456. The lowest BCUT2D eigenvalue weighted by molar-refractivity contribution is 0.0941. The molecule has 0 bridgehead atoms. The molecule has 3 nitrogen and oxygen atoms in total. The van der Waals surface area contributed by atoms with Gasteiger partial charge >= 0.3 is 0 Å². The number of hydrogen-bond acceptors (Lipinski definition) is 2. The number of benzene rings is 1. The van der Waals surface area contributed by atoms with Crippen LogP contribution in [-0.2, 0) is 4.74 Å². The molecule has 0 radical (unpaired) electrons. The van der Waals surface area contributed by atoms with E-state index in [0.717, 1.165) is 0 Å². The Morgan fingerprint density at radius 3 is 2.44 bits per heavy atom. The van der Waals surface area contributed by atoms with Gasteiger partial charge in [0.15, 0.2) is 0 Å². The zero-order valence-corrected chi connectivity index (χ0v) is 11.1. The van der Waals surface area contributed by atoms with Gasteiger partial charge in [0.1, 0.15) is 23.0 Å². The molecule has 0 aliphatic heterocycles. The fourth-order valence-electron chi connectivity index (χ4n) is 1.29. The van der Waals surface area contributed by atoms with Crippen LogP contribution in [0.4, 0.5) is 13.2 Å². The topological polar surface area (TPSA) is 38.3 Å². The lowest BCUT2D eigenvalue weighted by Crippen LogP contribution is -2.32. The number of ether oxygens (including phenoxy) is 1. The van der Waals surface area contributed by atoms with E-state index in [-0.39, 0.29) is 11.4 Å². The quantitative estimate of drug-likeness (QED) is 0.843. The molecule has 0 saturated carbocycles. The predicted octanol–water partition coefficient (Wildman–Crippen LogP) is 2.24. The molecule has 0 saturated heterocycles. The van der Waals surface area contributed by atoms with Gasteiger partial charge in [0, 0.05) is 25.8 Å². The number of methoxy groups -OCH3 is 1. The monoisotopic (exact) mass is 325 g/mol. The van der Waals surface area contributed by atoms with Crippen molar-refractivity contribution in [3.05, 3.63) is 35.1 Å². The van der Waals surface area contributed by atoms with E-state index < -0.39 is 28.9 Å². The molecular weight excluding hydrogens is 315 g/mol. The average molecular weight is 326 g/mol. The van der Waals surface area contributed by atoms with Gasteiger partial charge in [-0.1, -0.05) is 15.9 Å². The van der Waals surface area contributed by atoms with E-state index in [1.807, 2.05) is 0 Å². The van der Waals surface area contributed by atoms with Crippen molar-refractivity contribution in [1.82, 2.24) is 5.32 Å². The summed E-state index contributed by atoms with van der Waals surface area (Å²) in [5.74, 6) is -4.48. The van der Waals surface area contributed by atoms with Crippen LogP contribution in [0.3, 0.4) is 0 Å². The second kappa shape index (κ2) is 6.75. The van der Waals surface area contributed by atoms with Gasteiger partial charge in [-0.15, -0.1) is 0 Å². The van der Waals surface area contributed by atoms with Gasteiger partial charge in [-0.25, -0.2) is 13.2 Å². The molecule has 0 aliphatic rings. The van der Waals surface area contributed by atoms with E-state index in [1.54, 1.807) is 0 Å². The van der Waals surface area contributed by atoms with Gasteiger partial charge in [-0.05, 0) is 0 Å². The molecule has 1 N–H and O–H groups in total. The molecule has 100 valence electrons. The first kappa shape index (κ1) is 15.0. The second-order valence-electron chi connectivity index (χ2n) is 3.51. The van der Waals surface area contributed by atoms with E-state index in [1.165, 1.54) is 7.11 Å². The van der Waals surface area contributed by atoms with Crippen molar-refractivity contribution in [2.75, 3.05) is 20.3 Å². The maximum Gasteiger partial charge on any atom is 0.257 e. The van der Waals surface area contributed by atoms with Crippen LogP contribution in [0.15, 0.2) is 12.1 Å². The Morgan fingerprint density at radius 1 is 1.39 bits per heavy atom. The highest BCUT2D eigenvalue weighted by Crippen LogP contribution is 2.14. The largest absolute Gasteiger partial charge is 0.383 e. The van der Waals surface area contributed by atoms with Crippen LogP contribution in [0, 0.1) is 17.5 Å². The van der Waals surface area contributed by atoms with Crippen LogP contribution < -0.4 is 5.32 Å². The van der Waals surface area contributed by atoms with Gasteiger partial charge in [-0.3, -0.25) is 4.79 Å². The Hall–Kier alpha value is -1.08. The highest BCUT2D eigenvalue weighted by atomic mass is 79.9. The maximum absolute atomic E-state index is 13.3. The highest BCUT2D eigenvalue weighted by Gasteiger charge is 2.19. The Balaban J connectivity index is 2.73. The number of amides is 1.